The van der Waals surface area contributed by atoms with Crippen molar-refractivity contribution in [1.82, 2.24) is 10.2 Å². The van der Waals surface area contributed by atoms with Crippen molar-refractivity contribution in [2.75, 3.05) is 0 Å². The van der Waals surface area contributed by atoms with Crippen molar-refractivity contribution in [2.45, 2.75) is 25.4 Å². The third kappa shape index (κ3) is 2.49. The zero-order valence-corrected chi connectivity index (χ0v) is 12.6. The van der Waals surface area contributed by atoms with E-state index in [0.29, 0.717) is 24.3 Å². The minimum Gasteiger partial charge on any atom is -0.414 e. The molecule has 1 N–H and O–H groups in total. The van der Waals surface area contributed by atoms with E-state index in [-0.39, 0.29) is 18.2 Å². The van der Waals surface area contributed by atoms with Crippen LogP contribution in [0.1, 0.15) is 28.8 Å². The van der Waals surface area contributed by atoms with Gasteiger partial charge in [-0.15, -0.1) is 0 Å². The van der Waals surface area contributed by atoms with Gasteiger partial charge in [-0.05, 0) is 18.6 Å². The van der Waals surface area contributed by atoms with Gasteiger partial charge in [-0.3, -0.25) is 19.7 Å². The molecule has 110 valence electrons. The highest BCUT2D eigenvalue weighted by Gasteiger charge is 2.40. The van der Waals surface area contributed by atoms with Gasteiger partial charge in [0.15, 0.2) is 0 Å². The van der Waals surface area contributed by atoms with Crippen LogP contribution in [0.25, 0.3) is 0 Å². The van der Waals surface area contributed by atoms with Gasteiger partial charge in [0.25, 0.3) is 5.91 Å². The lowest BCUT2D eigenvalue weighted by atomic mass is 10.0. The summed E-state index contributed by atoms with van der Waals surface area (Å²) in [5, 5.41) is 2.27. The van der Waals surface area contributed by atoms with E-state index in [0.717, 1.165) is 16.6 Å². The first-order valence-electron chi connectivity index (χ1n) is 6.36. The first-order valence-corrected chi connectivity index (χ1v) is 8.16. The molecule has 3 amide bonds. The van der Waals surface area contributed by atoms with Crippen molar-refractivity contribution < 1.29 is 18.6 Å². The van der Waals surface area contributed by atoms with E-state index in [9.17, 15) is 14.4 Å². The van der Waals surface area contributed by atoms with Crippen molar-refractivity contribution in [3.05, 3.63) is 29.3 Å². The smallest absolute Gasteiger partial charge is 0.255 e. The Hall–Kier alpha value is -1.67. The van der Waals surface area contributed by atoms with Gasteiger partial charge in [0.2, 0.25) is 11.8 Å². The molecule has 0 radical (unpaired) electrons. The van der Waals surface area contributed by atoms with Gasteiger partial charge in [-0.2, -0.15) is 0 Å². The van der Waals surface area contributed by atoms with Crippen LogP contribution in [0.5, 0.6) is 5.75 Å². The minimum absolute atomic E-state index is 0.214. The van der Waals surface area contributed by atoms with E-state index in [1.807, 2.05) is 0 Å². The fraction of sp³-hybridized carbons (Fsp3) is 0.308. The number of thiol groups is 1. The molecule has 2 aliphatic rings. The van der Waals surface area contributed by atoms with E-state index in [2.05, 4.69) is 17.0 Å². The Bertz CT molecular complexity index is 635. The quantitative estimate of drug-likeness (QED) is 0.380. The van der Waals surface area contributed by atoms with E-state index in [1.165, 1.54) is 4.90 Å². The Morgan fingerprint density at radius 2 is 2.14 bits per heavy atom. The summed E-state index contributed by atoms with van der Waals surface area (Å²) >= 11 is 4.84. The van der Waals surface area contributed by atoms with Crippen LogP contribution < -0.4 is 9.50 Å². The number of hydrogen-bond acceptors (Lipinski definition) is 6. The monoisotopic (exact) mass is 324 g/mol. The second kappa shape index (κ2) is 5.61. The SMILES string of the molecule is O=C1CCC(N2Cc3c(OSS)cccc3C2=O)C(=O)N1. The maximum atomic E-state index is 12.5. The standard InChI is InChI=1S/C13H12N2O4S2/c16-11-5-4-9(12(17)14-11)15-6-8-7(13(15)18)2-1-3-10(8)19-21-20/h1-3,9,20H,4-6H2,(H,14,16,17). The minimum atomic E-state index is -0.612. The molecule has 6 nitrogen and oxygen atoms in total. The highest BCUT2D eigenvalue weighted by molar-refractivity contribution is 8.66. The number of rotatable bonds is 3. The summed E-state index contributed by atoms with van der Waals surface area (Å²) in [6, 6.07) is 4.58. The van der Waals surface area contributed by atoms with Gasteiger partial charge >= 0.3 is 0 Å². The molecule has 0 saturated carbocycles. The molecule has 1 saturated heterocycles. The predicted octanol–water partition coefficient (Wildman–Crippen LogP) is 1.32. The average Bonchev–Trinajstić information content (AvgIpc) is 2.78. The van der Waals surface area contributed by atoms with Gasteiger partial charge in [0, 0.05) is 17.5 Å². The molecule has 3 rings (SSSR count). The number of benzene rings is 1. The third-order valence-corrected chi connectivity index (χ3v) is 4.14. The van der Waals surface area contributed by atoms with Crippen LogP contribution >= 0.6 is 22.7 Å². The first kappa shape index (κ1) is 14.3. The maximum absolute atomic E-state index is 12.5. The number of nitrogens with zero attached hydrogens (tertiary/aromatic N) is 1. The number of nitrogens with one attached hydrogen (secondary N) is 1. The molecular weight excluding hydrogens is 312 g/mol. The molecule has 1 atom stereocenters. The van der Waals surface area contributed by atoms with E-state index < -0.39 is 11.9 Å². The number of hydrogen-bond donors (Lipinski definition) is 2. The zero-order valence-electron chi connectivity index (χ0n) is 10.9. The third-order valence-electron chi connectivity index (χ3n) is 3.67. The molecule has 2 heterocycles. The normalized spacial score (nSPS) is 21.3. The molecule has 8 heteroatoms. The van der Waals surface area contributed by atoms with E-state index in [1.54, 1.807) is 18.2 Å². The van der Waals surface area contributed by atoms with Crippen LogP contribution in [0.15, 0.2) is 18.2 Å². The number of imide groups is 1. The predicted molar refractivity (Wildman–Crippen MR) is 79.7 cm³/mol. The van der Waals surface area contributed by atoms with Gasteiger partial charge in [0.1, 0.15) is 22.9 Å². The Morgan fingerprint density at radius 3 is 2.86 bits per heavy atom. The summed E-state index contributed by atoms with van der Waals surface area (Å²) in [4.78, 5) is 37.1. The van der Waals surface area contributed by atoms with Crippen LogP contribution in [0.4, 0.5) is 0 Å². The van der Waals surface area contributed by atoms with Crippen LogP contribution in [0, 0.1) is 0 Å². The Balaban J connectivity index is 1.88. The molecule has 1 aromatic rings. The average molecular weight is 324 g/mol. The number of piperidine rings is 1. The van der Waals surface area contributed by atoms with Crippen molar-refractivity contribution in [3.63, 3.8) is 0 Å². The molecule has 1 aromatic carbocycles. The zero-order chi connectivity index (χ0) is 15.0. The summed E-state index contributed by atoms with van der Waals surface area (Å²) < 4.78 is 5.32. The Morgan fingerprint density at radius 1 is 1.33 bits per heavy atom. The summed E-state index contributed by atoms with van der Waals surface area (Å²) in [7, 11) is 0. The topological polar surface area (TPSA) is 75.7 Å². The van der Waals surface area contributed by atoms with Crippen LogP contribution in [0.2, 0.25) is 0 Å². The number of carbonyl (C=O) groups excluding carboxylic acids is 3. The summed E-state index contributed by atoms with van der Waals surface area (Å²) in [5.74, 6) is -0.362. The van der Waals surface area contributed by atoms with Crippen LogP contribution in [0.3, 0.4) is 0 Å². The second-order valence-corrected chi connectivity index (χ2v) is 5.60. The molecule has 0 spiro atoms. The van der Waals surface area contributed by atoms with E-state index in [4.69, 9.17) is 4.18 Å². The molecule has 0 aliphatic carbocycles. The fourth-order valence-corrected chi connectivity index (χ4v) is 3.15. The molecule has 1 unspecified atom stereocenters. The molecule has 21 heavy (non-hydrogen) atoms. The van der Waals surface area contributed by atoms with E-state index >= 15 is 0 Å². The van der Waals surface area contributed by atoms with Crippen molar-refractivity contribution >= 4 is 40.5 Å². The van der Waals surface area contributed by atoms with Crippen LogP contribution in [-0.4, -0.2) is 28.7 Å². The number of carbonyl (C=O) groups is 3. The summed E-state index contributed by atoms with van der Waals surface area (Å²) in [6.45, 7) is 0.297. The lowest BCUT2D eigenvalue weighted by molar-refractivity contribution is -0.136. The lowest BCUT2D eigenvalue weighted by Crippen LogP contribution is -2.52. The van der Waals surface area contributed by atoms with Crippen molar-refractivity contribution in [3.8, 4) is 5.75 Å². The summed E-state index contributed by atoms with van der Waals surface area (Å²) in [6.07, 6.45) is 0.592. The number of amides is 3. The lowest BCUT2D eigenvalue weighted by Gasteiger charge is -2.29. The molecule has 2 aliphatic heterocycles. The van der Waals surface area contributed by atoms with Crippen molar-refractivity contribution in [2.24, 2.45) is 0 Å². The van der Waals surface area contributed by atoms with Gasteiger partial charge in [-0.25, -0.2) is 0 Å². The molecular formula is C13H12N2O4S2. The van der Waals surface area contributed by atoms with Crippen LogP contribution in [-0.2, 0) is 16.1 Å². The first-order chi connectivity index (χ1) is 10.1. The summed E-state index contributed by atoms with van der Waals surface area (Å²) in [5.41, 5.74) is 1.27. The molecule has 0 bridgehead atoms. The second-order valence-electron chi connectivity index (χ2n) is 4.84. The van der Waals surface area contributed by atoms with Gasteiger partial charge in [0.05, 0.1) is 6.54 Å². The van der Waals surface area contributed by atoms with Crippen molar-refractivity contribution in [1.29, 1.82) is 0 Å². The Kier molecular flexibility index (Phi) is 3.81. The highest BCUT2D eigenvalue weighted by atomic mass is 33.1. The molecule has 1 fully saturated rings. The van der Waals surface area contributed by atoms with Gasteiger partial charge < -0.3 is 9.08 Å². The highest BCUT2D eigenvalue weighted by Crippen LogP contribution is 2.35. The Labute approximate surface area is 130 Å². The fourth-order valence-electron chi connectivity index (χ4n) is 2.68. The molecule has 0 aromatic heterocycles. The largest absolute Gasteiger partial charge is 0.414 e. The number of fused-ring (bicyclic) bond motifs is 1. The maximum Gasteiger partial charge on any atom is 0.255 e. The van der Waals surface area contributed by atoms with Gasteiger partial charge in [-0.1, -0.05) is 17.7 Å².